The molecular formula is C32H57IMgN8. The molecule has 4 saturated carbocycles. The summed E-state index contributed by atoms with van der Waals surface area (Å²) in [5.41, 5.74) is 0. The quantitative estimate of drug-likeness (QED) is 0.111. The first-order valence-corrected chi connectivity index (χ1v) is 19.2. The van der Waals surface area contributed by atoms with Gasteiger partial charge in [-0.3, -0.25) is 42.5 Å². The van der Waals surface area contributed by atoms with Crippen LogP contribution >= 0.6 is 22.6 Å². The van der Waals surface area contributed by atoms with Gasteiger partial charge >= 0.3 is 23.1 Å². The number of alkyl halides is 1. The van der Waals surface area contributed by atoms with Crippen LogP contribution in [0.5, 0.6) is 0 Å². The second-order valence-electron chi connectivity index (χ2n) is 15.7. The van der Waals surface area contributed by atoms with Crippen LogP contribution in [-0.2, 0) is 0 Å². The molecule has 4 aliphatic carbocycles. The van der Waals surface area contributed by atoms with Crippen LogP contribution in [0.3, 0.4) is 0 Å². The van der Waals surface area contributed by atoms with Gasteiger partial charge in [-0.25, -0.2) is 0 Å². The third-order valence-corrected chi connectivity index (χ3v) is 15.3. The Bertz CT molecular complexity index is 971. The summed E-state index contributed by atoms with van der Waals surface area (Å²) in [4.78, 5) is 0. The van der Waals surface area contributed by atoms with Gasteiger partial charge in [-0.1, -0.05) is 67.5 Å². The molecule has 0 spiro atoms. The molecule has 5 aliphatic heterocycles. The molecule has 8 N–H and O–H groups in total. The molecule has 9 fully saturated rings. The fourth-order valence-corrected chi connectivity index (χ4v) is 13.4. The van der Waals surface area contributed by atoms with E-state index in [2.05, 4.69) is 65.1 Å². The summed E-state index contributed by atoms with van der Waals surface area (Å²) in [5.74, 6) is 5.85. The normalized spacial score (nSPS) is 56.9. The largest absolute Gasteiger partial charge is 2.00 e. The summed E-state index contributed by atoms with van der Waals surface area (Å²) >= 11 is 2.81. The van der Waals surface area contributed by atoms with Gasteiger partial charge in [0.15, 0.2) is 0 Å². The van der Waals surface area contributed by atoms with Crippen molar-refractivity contribution >= 4 is 45.6 Å². The molecule has 17 atom stereocenters. The van der Waals surface area contributed by atoms with Crippen LogP contribution in [0, 0.1) is 47.3 Å². The van der Waals surface area contributed by atoms with Crippen LogP contribution < -0.4 is 42.5 Å². The van der Waals surface area contributed by atoms with Gasteiger partial charge < -0.3 is 2.85 Å². The second kappa shape index (κ2) is 12.7. The van der Waals surface area contributed by atoms with Crippen LogP contribution in [0.1, 0.15) is 99.2 Å². The van der Waals surface area contributed by atoms with Crippen LogP contribution in [0.4, 0.5) is 0 Å². The SMILES string of the molecule is IC1CCCC2C3NC4NC(NC5NC(NC6NC(NC(N3)C12)C1CCCCC61)C1CCCCC51)C1CCCCC41.[H-].[H-].[Mg+2]. The maximum Gasteiger partial charge on any atom is 2.00 e. The minimum Gasteiger partial charge on any atom is -1.00 e. The van der Waals surface area contributed by atoms with Crippen molar-refractivity contribution in [2.75, 3.05) is 0 Å². The number of rotatable bonds is 0. The standard InChI is InChI=1S/C32H55IN8.Mg.2H/c33-23-15-7-14-22-24(23)32-40-30-21-13-6-5-12-20(21)28(38-30)36-26-17-9-2-1-8-16(17)25(34-26)35-27-18-10-3-4-11-19(18)29(37-27)39-31(22)41-32;;;/h16-32,34-41H,1-15H2;;;/q;+2;2*-1. The van der Waals surface area contributed by atoms with E-state index in [1.807, 2.05) is 0 Å². The Balaban J connectivity index is 0.00000114. The summed E-state index contributed by atoms with van der Waals surface area (Å²) in [7, 11) is 0. The van der Waals surface area contributed by atoms with Crippen LogP contribution in [0.25, 0.3) is 0 Å². The molecule has 234 valence electrons. The van der Waals surface area contributed by atoms with E-state index in [-0.39, 0.29) is 25.9 Å². The van der Waals surface area contributed by atoms with E-state index in [0.29, 0.717) is 61.2 Å². The zero-order valence-corrected chi connectivity index (χ0v) is 29.1. The van der Waals surface area contributed by atoms with E-state index in [9.17, 15) is 0 Å². The van der Waals surface area contributed by atoms with Crippen molar-refractivity contribution in [1.82, 2.24) is 42.5 Å². The van der Waals surface area contributed by atoms with Crippen molar-refractivity contribution in [3.05, 3.63) is 0 Å². The maximum atomic E-state index is 4.29. The molecule has 8 bridgehead atoms. The average Bonchev–Trinajstić information content (AvgIpc) is 3.73. The average molecular weight is 705 g/mol. The van der Waals surface area contributed by atoms with Gasteiger partial charge in [-0.05, 0) is 92.8 Å². The maximum absolute atomic E-state index is 4.29. The molecule has 5 heterocycles. The number of fused-ring (bicyclic) bond motifs is 20. The van der Waals surface area contributed by atoms with Crippen molar-refractivity contribution < 1.29 is 2.85 Å². The smallest absolute Gasteiger partial charge is 1.00 e. The molecule has 0 amide bonds. The van der Waals surface area contributed by atoms with E-state index in [0.717, 1.165) is 39.4 Å². The van der Waals surface area contributed by atoms with Crippen LogP contribution in [0.2, 0.25) is 0 Å². The molecule has 9 rings (SSSR count). The number of halogens is 1. The molecule has 9 aliphatic rings. The molecule has 17 unspecified atom stereocenters. The summed E-state index contributed by atoms with van der Waals surface area (Å²) < 4.78 is 0.749. The third-order valence-electron chi connectivity index (χ3n) is 13.8. The monoisotopic (exact) mass is 704 g/mol. The van der Waals surface area contributed by atoms with E-state index in [1.54, 1.807) is 0 Å². The minimum atomic E-state index is 0. The van der Waals surface area contributed by atoms with Crippen LogP contribution in [0.15, 0.2) is 0 Å². The van der Waals surface area contributed by atoms with Gasteiger partial charge in [-0.15, -0.1) is 0 Å². The molecule has 0 radical (unpaired) electrons. The van der Waals surface area contributed by atoms with Crippen molar-refractivity contribution in [1.29, 1.82) is 0 Å². The Hall–Kier alpha value is 1.18. The molecule has 42 heavy (non-hydrogen) atoms. The molecule has 0 aromatic rings. The van der Waals surface area contributed by atoms with Gasteiger partial charge in [-0.2, -0.15) is 0 Å². The Morgan fingerprint density at radius 2 is 0.595 bits per heavy atom. The van der Waals surface area contributed by atoms with E-state index in [1.165, 1.54) is 96.3 Å². The van der Waals surface area contributed by atoms with Gasteiger partial charge in [0.25, 0.3) is 0 Å². The number of hydrogen-bond donors (Lipinski definition) is 8. The van der Waals surface area contributed by atoms with Gasteiger partial charge in [0.2, 0.25) is 0 Å². The molecule has 0 aromatic carbocycles. The first-order chi connectivity index (χ1) is 20.2. The third kappa shape index (κ3) is 5.28. The van der Waals surface area contributed by atoms with E-state index >= 15 is 0 Å². The van der Waals surface area contributed by atoms with Crippen molar-refractivity contribution in [2.24, 2.45) is 47.3 Å². The van der Waals surface area contributed by atoms with Gasteiger partial charge in [0.1, 0.15) is 0 Å². The molecule has 10 heteroatoms. The Kier molecular flexibility index (Phi) is 9.19. The minimum absolute atomic E-state index is 0. The summed E-state index contributed by atoms with van der Waals surface area (Å²) in [6.07, 6.45) is 24.0. The number of hydrogen-bond acceptors (Lipinski definition) is 8. The summed E-state index contributed by atoms with van der Waals surface area (Å²) in [5, 5.41) is 33.9. The molecule has 0 aromatic heterocycles. The second-order valence-corrected chi connectivity index (χ2v) is 17.3. The Morgan fingerprint density at radius 1 is 0.333 bits per heavy atom. The first-order valence-electron chi connectivity index (χ1n) is 17.9. The molecule has 5 saturated heterocycles. The zero-order valence-electron chi connectivity index (χ0n) is 27.5. The molecular weight excluding hydrogens is 648 g/mol. The summed E-state index contributed by atoms with van der Waals surface area (Å²) in [6, 6.07) is 0. The Labute approximate surface area is 286 Å². The topological polar surface area (TPSA) is 96.2 Å². The summed E-state index contributed by atoms with van der Waals surface area (Å²) in [6.45, 7) is 0. The van der Waals surface area contributed by atoms with Crippen molar-refractivity contribution in [3.63, 3.8) is 0 Å². The van der Waals surface area contributed by atoms with Crippen molar-refractivity contribution in [3.8, 4) is 0 Å². The van der Waals surface area contributed by atoms with Gasteiger partial charge in [0, 0.05) is 9.84 Å². The fourth-order valence-electron chi connectivity index (χ4n) is 12.0. The fraction of sp³-hybridized carbons (Fsp3) is 1.00. The first kappa shape index (κ1) is 30.5. The zero-order chi connectivity index (χ0) is 27.1. The van der Waals surface area contributed by atoms with E-state index < -0.39 is 0 Å². The number of nitrogens with one attached hydrogen (secondary N) is 8. The van der Waals surface area contributed by atoms with Gasteiger partial charge in [0.05, 0.1) is 49.3 Å². The predicted molar refractivity (Wildman–Crippen MR) is 178 cm³/mol. The molecule has 8 nitrogen and oxygen atoms in total. The Morgan fingerprint density at radius 3 is 0.929 bits per heavy atom. The van der Waals surface area contributed by atoms with E-state index in [4.69, 9.17) is 0 Å². The van der Waals surface area contributed by atoms with Crippen molar-refractivity contribution in [2.45, 2.75) is 150 Å². The predicted octanol–water partition coefficient (Wildman–Crippen LogP) is 2.86. The van der Waals surface area contributed by atoms with Crippen LogP contribution in [-0.4, -0.2) is 76.3 Å².